The Morgan fingerprint density at radius 2 is 1.69 bits per heavy atom. The maximum atomic E-state index is 5.42. The van der Waals surface area contributed by atoms with Crippen LogP contribution in [0.15, 0.2) is 0 Å². The van der Waals surface area contributed by atoms with Crippen LogP contribution in [0.3, 0.4) is 0 Å². The fourth-order valence-corrected chi connectivity index (χ4v) is 1.20. The molecule has 0 aliphatic carbocycles. The summed E-state index contributed by atoms with van der Waals surface area (Å²) in [6, 6.07) is 0. The van der Waals surface area contributed by atoms with Gasteiger partial charge in [-0.3, -0.25) is 0 Å². The van der Waals surface area contributed by atoms with Gasteiger partial charge in [0.05, 0.1) is 0 Å². The smallest absolute Gasteiger partial charge is 0.157 e. The molecule has 0 aromatic rings. The largest absolute Gasteiger partial charge is 0.353 e. The predicted octanol–water partition coefficient (Wildman–Crippen LogP) is 1.78. The summed E-state index contributed by atoms with van der Waals surface area (Å²) in [5.41, 5.74) is 0. The minimum atomic E-state index is 0.00635. The molecule has 1 N–H and O–H groups in total. The molecule has 0 bridgehead atoms. The molecule has 0 amide bonds. The van der Waals surface area contributed by atoms with Crippen LogP contribution < -0.4 is 5.32 Å². The lowest BCUT2D eigenvalue weighted by atomic mass is 10.2. The Kier molecular flexibility index (Phi) is 9.87. The van der Waals surface area contributed by atoms with E-state index in [9.17, 15) is 0 Å². The van der Waals surface area contributed by atoms with E-state index in [-0.39, 0.29) is 6.29 Å². The minimum absolute atomic E-state index is 0.00635. The molecule has 3 nitrogen and oxygen atoms in total. The highest BCUT2D eigenvalue weighted by atomic mass is 16.7. The van der Waals surface area contributed by atoms with Gasteiger partial charge in [0.1, 0.15) is 0 Å². The molecule has 0 aromatic carbocycles. The van der Waals surface area contributed by atoms with Crippen LogP contribution in [-0.4, -0.2) is 33.1 Å². The minimum Gasteiger partial charge on any atom is -0.353 e. The molecule has 0 unspecified atom stereocenters. The fourth-order valence-electron chi connectivity index (χ4n) is 1.20. The molecule has 0 fully saturated rings. The molecule has 0 aliphatic heterocycles. The number of rotatable bonds is 9. The Balaban J connectivity index is 3.33. The Labute approximate surface area is 81.8 Å². The van der Waals surface area contributed by atoms with Gasteiger partial charge in [-0.25, -0.2) is 0 Å². The van der Waals surface area contributed by atoms with E-state index in [2.05, 4.69) is 5.32 Å². The molecule has 80 valence electrons. The molecular weight excluding hydrogens is 166 g/mol. The maximum Gasteiger partial charge on any atom is 0.157 e. The molecule has 0 heterocycles. The molecular formula is C10H23NO2. The van der Waals surface area contributed by atoms with Crippen molar-refractivity contribution in [2.45, 2.75) is 39.4 Å². The summed E-state index contributed by atoms with van der Waals surface area (Å²) in [5.74, 6) is 0. The molecule has 0 saturated carbocycles. The summed E-state index contributed by atoms with van der Waals surface area (Å²) >= 11 is 0. The second-order valence-electron chi connectivity index (χ2n) is 2.94. The lowest BCUT2D eigenvalue weighted by molar-refractivity contribution is -0.140. The van der Waals surface area contributed by atoms with Crippen LogP contribution in [0.1, 0.15) is 33.1 Å². The maximum absolute atomic E-state index is 5.42. The van der Waals surface area contributed by atoms with Crippen molar-refractivity contribution in [2.24, 2.45) is 0 Å². The summed E-state index contributed by atoms with van der Waals surface area (Å²) in [6.45, 7) is 6.54. The van der Waals surface area contributed by atoms with E-state index in [0.717, 1.165) is 32.6 Å². The number of hydrogen-bond acceptors (Lipinski definition) is 3. The first-order valence-corrected chi connectivity index (χ1v) is 5.22. The van der Waals surface area contributed by atoms with Gasteiger partial charge in [-0.1, -0.05) is 0 Å². The van der Waals surface area contributed by atoms with Gasteiger partial charge in [0.25, 0.3) is 0 Å². The van der Waals surface area contributed by atoms with Crippen molar-refractivity contribution in [3.05, 3.63) is 0 Å². The monoisotopic (exact) mass is 189 g/mol. The lowest BCUT2D eigenvalue weighted by Crippen LogP contribution is -2.18. The van der Waals surface area contributed by atoms with Gasteiger partial charge in [-0.15, -0.1) is 0 Å². The standard InChI is InChI=1S/C10H23NO2/c1-4-12-10(13-5-2)8-6-7-9-11-3/h10-11H,4-9H2,1-3H3. The zero-order chi connectivity index (χ0) is 9.94. The number of unbranched alkanes of at least 4 members (excludes halogenated alkanes) is 1. The van der Waals surface area contributed by atoms with Crippen molar-refractivity contribution < 1.29 is 9.47 Å². The van der Waals surface area contributed by atoms with Crippen LogP contribution in [0.4, 0.5) is 0 Å². The van der Waals surface area contributed by atoms with E-state index in [1.807, 2.05) is 20.9 Å². The van der Waals surface area contributed by atoms with Gasteiger partial charge in [0, 0.05) is 13.2 Å². The highest BCUT2D eigenvalue weighted by Gasteiger charge is 2.06. The van der Waals surface area contributed by atoms with Crippen LogP contribution in [-0.2, 0) is 9.47 Å². The second-order valence-corrected chi connectivity index (χ2v) is 2.94. The van der Waals surface area contributed by atoms with Crippen molar-refractivity contribution in [3.63, 3.8) is 0 Å². The number of hydrogen-bond donors (Lipinski definition) is 1. The summed E-state index contributed by atoms with van der Waals surface area (Å²) in [5, 5.41) is 3.12. The van der Waals surface area contributed by atoms with Crippen LogP contribution in [0.25, 0.3) is 0 Å². The van der Waals surface area contributed by atoms with Crippen molar-refractivity contribution >= 4 is 0 Å². The third-order valence-electron chi connectivity index (χ3n) is 1.82. The van der Waals surface area contributed by atoms with Crippen molar-refractivity contribution in [1.82, 2.24) is 5.32 Å². The van der Waals surface area contributed by atoms with E-state index in [1.54, 1.807) is 0 Å². The van der Waals surface area contributed by atoms with Crippen LogP contribution in [0.2, 0.25) is 0 Å². The predicted molar refractivity (Wildman–Crippen MR) is 54.8 cm³/mol. The summed E-state index contributed by atoms with van der Waals surface area (Å²) in [6.07, 6.45) is 3.36. The van der Waals surface area contributed by atoms with Crippen LogP contribution in [0, 0.1) is 0 Å². The SMILES string of the molecule is CCOC(CCCCNC)OCC. The molecule has 13 heavy (non-hydrogen) atoms. The van der Waals surface area contributed by atoms with Crippen LogP contribution >= 0.6 is 0 Å². The Bertz CT molecular complexity index is 92.9. The van der Waals surface area contributed by atoms with Crippen molar-refractivity contribution in [1.29, 1.82) is 0 Å². The summed E-state index contributed by atoms with van der Waals surface area (Å²) < 4.78 is 10.8. The first-order chi connectivity index (χ1) is 6.35. The highest BCUT2D eigenvalue weighted by molar-refractivity contribution is 4.48. The average Bonchev–Trinajstić information content (AvgIpc) is 2.13. The molecule has 0 radical (unpaired) electrons. The molecule has 0 saturated heterocycles. The van der Waals surface area contributed by atoms with Gasteiger partial charge >= 0.3 is 0 Å². The van der Waals surface area contributed by atoms with E-state index in [4.69, 9.17) is 9.47 Å². The number of ether oxygens (including phenoxy) is 2. The molecule has 0 aliphatic rings. The summed E-state index contributed by atoms with van der Waals surface area (Å²) in [4.78, 5) is 0. The third-order valence-corrected chi connectivity index (χ3v) is 1.82. The molecule has 0 aromatic heterocycles. The quantitative estimate of drug-likeness (QED) is 0.443. The van der Waals surface area contributed by atoms with Gasteiger partial charge in [0.15, 0.2) is 6.29 Å². The van der Waals surface area contributed by atoms with Crippen molar-refractivity contribution in [3.8, 4) is 0 Å². The van der Waals surface area contributed by atoms with E-state index >= 15 is 0 Å². The zero-order valence-corrected chi connectivity index (χ0v) is 9.14. The van der Waals surface area contributed by atoms with E-state index in [0.29, 0.717) is 0 Å². The Morgan fingerprint density at radius 1 is 1.08 bits per heavy atom. The normalized spacial score (nSPS) is 11.1. The average molecular weight is 189 g/mol. The van der Waals surface area contributed by atoms with Gasteiger partial charge in [0.2, 0.25) is 0 Å². The van der Waals surface area contributed by atoms with Crippen molar-refractivity contribution in [2.75, 3.05) is 26.8 Å². The molecule has 0 spiro atoms. The molecule has 0 atom stereocenters. The Morgan fingerprint density at radius 3 is 2.15 bits per heavy atom. The summed E-state index contributed by atoms with van der Waals surface area (Å²) in [7, 11) is 1.97. The second kappa shape index (κ2) is 9.96. The van der Waals surface area contributed by atoms with E-state index in [1.165, 1.54) is 6.42 Å². The molecule has 0 rings (SSSR count). The topological polar surface area (TPSA) is 30.5 Å². The fraction of sp³-hybridized carbons (Fsp3) is 1.00. The lowest BCUT2D eigenvalue weighted by Gasteiger charge is -2.16. The third kappa shape index (κ3) is 8.22. The first kappa shape index (κ1) is 12.9. The Hall–Kier alpha value is -0.120. The van der Waals surface area contributed by atoms with Gasteiger partial charge < -0.3 is 14.8 Å². The zero-order valence-electron chi connectivity index (χ0n) is 9.14. The first-order valence-electron chi connectivity index (χ1n) is 5.22. The van der Waals surface area contributed by atoms with E-state index < -0.39 is 0 Å². The molecule has 3 heteroatoms. The highest BCUT2D eigenvalue weighted by Crippen LogP contribution is 2.06. The van der Waals surface area contributed by atoms with Gasteiger partial charge in [-0.05, 0) is 46.7 Å². The van der Waals surface area contributed by atoms with Crippen LogP contribution in [0.5, 0.6) is 0 Å². The van der Waals surface area contributed by atoms with Gasteiger partial charge in [-0.2, -0.15) is 0 Å². The number of nitrogens with one attached hydrogen (secondary N) is 1.